The lowest BCUT2D eigenvalue weighted by molar-refractivity contribution is 0.244. The number of H-pyrrole nitrogens is 1. The van der Waals surface area contributed by atoms with Crippen LogP contribution in [-0.4, -0.2) is 38.3 Å². The molecular weight excluding hydrogens is 252 g/mol. The van der Waals surface area contributed by atoms with Gasteiger partial charge in [-0.15, -0.1) is 0 Å². The van der Waals surface area contributed by atoms with Gasteiger partial charge in [-0.25, -0.2) is 0 Å². The molecule has 20 heavy (non-hydrogen) atoms. The second-order valence-electron chi connectivity index (χ2n) is 5.28. The maximum absolute atomic E-state index is 8.98. The molecule has 1 atom stereocenters. The van der Waals surface area contributed by atoms with Crippen molar-refractivity contribution in [2.24, 2.45) is 0 Å². The number of pyridine rings is 1. The highest BCUT2D eigenvalue weighted by Crippen LogP contribution is 2.32. The zero-order valence-corrected chi connectivity index (χ0v) is 11.5. The van der Waals surface area contributed by atoms with Crippen molar-refractivity contribution in [1.82, 2.24) is 20.1 Å². The smallest absolute Gasteiger partial charge is 0.0796 e. The summed E-state index contributed by atoms with van der Waals surface area (Å²) in [6.07, 6.45) is 6.68. The highest BCUT2D eigenvalue weighted by Gasteiger charge is 2.27. The van der Waals surface area contributed by atoms with Crippen LogP contribution in [0.1, 0.15) is 35.8 Å². The van der Waals surface area contributed by atoms with Crippen LogP contribution in [0, 0.1) is 0 Å². The molecule has 0 aromatic carbocycles. The van der Waals surface area contributed by atoms with E-state index in [4.69, 9.17) is 5.11 Å². The van der Waals surface area contributed by atoms with Gasteiger partial charge in [-0.3, -0.25) is 15.0 Å². The molecule has 1 fully saturated rings. The molecule has 2 N–H and O–H groups in total. The van der Waals surface area contributed by atoms with E-state index in [0.717, 1.165) is 30.9 Å². The molecule has 0 radical (unpaired) electrons. The van der Waals surface area contributed by atoms with E-state index in [1.165, 1.54) is 12.0 Å². The van der Waals surface area contributed by atoms with Crippen molar-refractivity contribution in [1.29, 1.82) is 0 Å². The fourth-order valence-corrected chi connectivity index (χ4v) is 2.87. The lowest BCUT2D eigenvalue weighted by atomic mass is 10.1. The minimum atomic E-state index is 0.160. The molecule has 1 aliphatic heterocycles. The molecule has 0 bridgehead atoms. The average Bonchev–Trinajstić information content (AvgIpc) is 3.09. The van der Waals surface area contributed by atoms with Crippen molar-refractivity contribution < 1.29 is 5.11 Å². The van der Waals surface area contributed by atoms with Gasteiger partial charge < -0.3 is 5.11 Å². The first-order valence-corrected chi connectivity index (χ1v) is 7.15. The molecule has 0 saturated carbocycles. The summed E-state index contributed by atoms with van der Waals surface area (Å²) in [6, 6.07) is 6.60. The molecule has 0 amide bonds. The van der Waals surface area contributed by atoms with Crippen molar-refractivity contribution in [3.8, 4) is 0 Å². The Kier molecular flexibility index (Phi) is 4.08. The molecule has 2 aromatic rings. The molecule has 1 aliphatic rings. The first kappa shape index (κ1) is 13.3. The largest absolute Gasteiger partial charge is 0.396 e. The van der Waals surface area contributed by atoms with Crippen molar-refractivity contribution >= 4 is 0 Å². The molecular formula is C15H20N4O. The fourth-order valence-electron chi connectivity index (χ4n) is 2.87. The van der Waals surface area contributed by atoms with Crippen LogP contribution in [-0.2, 0) is 13.0 Å². The van der Waals surface area contributed by atoms with Gasteiger partial charge >= 0.3 is 0 Å². The number of aliphatic hydroxyl groups excluding tert-OH is 1. The Hall–Kier alpha value is -1.72. The summed E-state index contributed by atoms with van der Waals surface area (Å²) in [7, 11) is 0. The molecule has 0 unspecified atom stereocenters. The summed E-state index contributed by atoms with van der Waals surface area (Å²) in [6.45, 7) is 2.21. The topological polar surface area (TPSA) is 65.0 Å². The third-order valence-electron chi connectivity index (χ3n) is 3.87. The standard InChI is InChI=1S/C15H20N4O/c20-9-5-13-10-14(18-17-13)15-2-1-8-19(15)11-12-3-6-16-7-4-12/h3-4,6-7,10,15,20H,1-2,5,8-9,11H2,(H,17,18)/t15-/m1/s1. The Morgan fingerprint density at radius 2 is 2.20 bits per heavy atom. The number of likely N-dealkylation sites (tertiary alicyclic amines) is 1. The zero-order valence-electron chi connectivity index (χ0n) is 11.5. The van der Waals surface area contributed by atoms with Crippen molar-refractivity contribution in [2.75, 3.05) is 13.2 Å². The van der Waals surface area contributed by atoms with Crippen molar-refractivity contribution in [2.45, 2.75) is 31.8 Å². The highest BCUT2D eigenvalue weighted by atomic mass is 16.3. The quantitative estimate of drug-likeness (QED) is 0.869. The van der Waals surface area contributed by atoms with Gasteiger partial charge in [-0.1, -0.05) is 0 Å². The van der Waals surface area contributed by atoms with Gasteiger partial charge in [0.25, 0.3) is 0 Å². The molecule has 1 saturated heterocycles. The van der Waals surface area contributed by atoms with Crippen LogP contribution in [0.2, 0.25) is 0 Å². The fraction of sp³-hybridized carbons (Fsp3) is 0.467. The molecule has 0 spiro atoms. The predicted molar refractivity (Wildman–Crippen MR) is 76.0 cm³/mol. The Morgan fingerprint density at radius 1 is 1.35 bits per heavy atom. The highest BCUT2D eigenvalue weighted by molar-refractivity contribution is 5.16. The van der Waals surface area contributed by atoms with Crippen LogP contribution >= 0.6 is 0 Å². The molecule has 5 heteroatoms. The second kappa shape index (κ2) is 6.15. The number of rotatable bonds is 5. The summed E-state index contributed by atoms with van der Waals surface area (Å²) in [4.78, 5) is 6.53. The normalized spacial score (nSPS) is 19.6. The third-order valence-corrected chi connectivity index (χ3v) is 3.87. The van der Waals surface area contributed by atoms with Gasteiger partial charge in [-0.05, 0) is 43.1 Å². The van der Waals surface area contributed by atoms with Crippen LogP contribution in [0.15, 0.2) is 30.6 Å². The van der Waals surface area contributed by atoms with Crippen LogP contribution < -0.4 is 0 Å². The molecule has 2 aromatic heterocycles. The number of aliphatic hydroxyl groups is 1. The Balaban J connectivity index is 1.71. The maximum Gasteiger partial charge on any atom is 0.0796 e. The predicted octanol–water partition coefficient (Wildman–Crippen LogP) is 1.68. The van der Waals surface area contributed by atoms with Crippen LogP contribution in [0.3, 0.4) is 0 Å². The second-order valence-corrected chi connectivity index (χ2v) is 5.28. The maximum atomic E-state index is 8.98. The van der Waals surface area contributed by atoms with Gasteiger partial charge in [0, 0.05) is 37.7 Å². The number of aromatic nitrogens is 3. The number of nitrogens with zero attached hydrogens (tertiary/aromatic N) is 3. The number of aromatic amines is 1. The number of nitrogens with one attached hydrogen (secondary N) is 1. The van der Waals surface area contributed by atoms with Crippen LogP contribution in [0.25, 0.3) is 0 Å². The van der Waals surface area contributed by atoms with Gasteiger partial charge in [0.2, 0.25) is 0 Å². The molecule has 3 heterocycles. The Labute approximate surface area is 118 Å². The molecule has 5 nitrogen and oxygen atoms in total. The first-order chi connectivity index (χ1) is 9.86. The lowest BCUT2D eigenvalue weighted by Crippen LogP contribution is -2.23. The molecule has 3 rings (SSSR count). The van der Waals surface area contributed by atoms with Gasteiger partial charge in [0.1, 0.15) is 0 Å². The van der Waals surface area contributed by atoms with Crippen LogP contribution in [0.5, 0.6) is 0 Å². The van der Waals surface area contributed by atoms with E-state index in [2.05, 4.69) is 38.3 Å². The summed E-state index contributed by atoms with van der Waals surface area (Å²) < 4.78 is 0. The van der Waals surface area contributed by atoms with Gasteiger partial charge in [0.15, 0.2) is 0 Å². The van der Waals surface area contributed by atoms with Gasteiger partial charge in [-0.2, -0.15) is 5.10 Å². The number of hydrogen-bond acceptors (Lipinski definition) is 4. The lowest BCUT2D eigenvalue weighted by Gasteiger charge is -2.22. The van der Waals surface area contributed by atoms with Crippen molar-refractivity contribution in [3.05, 3.63) is 47.5 Å². The molecule has 0 aliphatic carbocycles. The van der Waals surface area contributed by atoms with E-state index in [1.54, 1.807) is 0 Å². The minimum Gasteiger partial charge on any atom is -0.396 e. The average molecular weight is 272 g/mol. The Bertz CT molecular complexity index is 540. The zero-order chi connectivity index (χ0) is 13.8. The number of hydrogen-bond donors (Lipinski definition) is 2. The van der Waals surface area contributed by atoms with E-state index >= 15 is 0 Å². The van der Waals surface area contributed by atoms with E-state index in [1.807, 2.05) is 12.4 Å². The molecule has 106 valence electrons. The van der Waals surface area contributed by atoms with Crippen molar-refractivity contribution in [3.63, 3.8) is 0 Å². The first-order valence-electron chi connectivity index (χ1n) is 7.15. The minimum absolute atomic E-state index is 0.160. The van der Waals surface area contributed by atoms with E-state index in [-0.39, 0.29) is 6.61 Å². The summed E-state index contributed by atoms with van der Waals surface area (Å²) in [5, 5.41) is 16.4. The van der Waals surface area contributed by atoms with E-state index in [0.29, 0.717) is 12.5 Å². The monoisotopic (exact) mass is 272 g/mol. The van der Waals surface area contributed by atoms with Crippen LogP contribution in [0.4, 0.5) is 0 Å². The Morgan fingerprint density at radius 3 is 3.00 bits per heavy atom. The van der Waals surface area contributed by atoms with E-state index < -0.39 is 0 Å². The van der Waals surface area contributed by atoms with E-state index in [9.17, 15) is 0 Å². The SMILES string of the molecule is OCCc1cc([C@H]2CCCN2Cc2ccncc2)n[nH]1. The van der Waals surface area contributed by atoms with Gasteiger partial charge in [0.05, 0.1) is 11.7 Å². The summed E-state index contributed by atoms with van der Waals surface area (Å²) in [5.41, 5.74) is 3.40. The summed E-state index contributed by atoms with van der Waals surface area (Å²) in [5.74, 6) is 0. The summed E-state index contributed by atoms with van der Waals surface area (Å²) >= 11 is 0. The third kappa shape index (κ3) is 2.89.